The molecule has 0 radical (unpaired) electrons. The summed E-state index contributed by atoms with van der Waals surface area (Å²) in [5.41, 5.74) is -0.135. The minimum Gasteiger partial charge on any atom is -0.467 e. The van der Waals surface area contributed by atoms with Gasteiger partial charge in [-0.15, -0.1) is 0 Å². The Morgan fingerprint density at radius 2 is 1.84 bits per heavy atom. The van der Waals surface area contributed by atoms with Crippen LogP contribution in [-0.4, -0.2) is 42.7 Å². The van der Waals surface area contributed by atoms with Crippen LogP contribution in [0.2, 0.25) is 0 Å². The molecule has 0 aliphatic rings. The molecule has 10 heteroatoms. The Labute approximate surface area is 140 Å². The summed E-state index contributed by atoms with van der Waals surface area (Å²) in [5, 5.41) is 4.96. The molecule has 0 atom stereocenters. The third-order valence-electron chi connectivity index (χ3n) is 2.83. The van der Waals surface area contributed by atoms with Crippen molar-refractivity contribution in [2.75, 3.05) is 19.7 Å². The van der Waals surface area contributed by atoms with Crippen LogP contribution in [0.5, 0.6) is 5.88 Å². The molecule has 2 aromatic rings. The molecule has 134 valence electrons. The van der Waals surface area contributed by atoms with Gasteiger partial charge in [0.2, 0.25) is 5.88 Å². The first-order chi connectivity index (χ1) is 11.9. The standard InChI is InChI=1S/C15H14F3N3O4/c16-15(17,18)9-25-14-10(3-1-5-21-14)12(22)19-6-7-20-13(23)11-4-2-8-24-11/h1-5,8H,6-7,9H2,(H,19,22)(H,20,23). The number of alkyl halides is 3. The number of nitrogens with zero attached hydrogens (tertiary/aromatic N) is 1. The van der Waals surface area contributed by atoms with E-state index >= 15 is 0 Å². The maximum atomic E-state index is 12.2. The summed E-state index contributed by atoms with van der Waals surface area (Å²) >= 11 is 0. The zero-order valence-corrected chi connectivity index (χ0v) is 12.8. The van der Waals surface area contributed by atoms with Crippen LogP contribution in [0.4, 0.5) is 13.2 Å². The van der Waals surface area contributed by atoms with Gasteiger partial charge in [0.25, 0.3) is 11.8 Å². The van der Waals surface area contributed by atoms with Crippen LogP contribution in [0.3, 0.4) is 0 Å². The van der Waals surface area contributed by atoms with Crippen molar-refractivity contribution in [1.82, 2.24) is 15.6 Å². The Balaban J connectivity index is 1.83. The highest BCUT2D eigenvalue weighted by atomic mass is 19.4. The van der Waals surface area contributed by atoms with E-state index in [2.05, 4.69) is 20.4 Å². The second-order valence-corrected chi connectivity index (χ2v) is 4.75. The molecule has 0 aromatic carbocycles. The van der Waals surface area contributed by atoms with Crippen molar-refractivity contribution in [2.24, 2.45) is 0 Å². The zero-order chi connectivity index (χ0) is 18.3. The second-order valence-electron chi connectivity index (χ2n) is 4.75. The molecule has 2 rings (SSSR count). The number of aromatic nitrogens is 1. The number of pyridine rings is 1. The number of carbonyl (C=O) groups excluding carboxylic acids is 2. The van der Waals surface area contributed by atoms with Crippen molar-refractivity contribution in [2.45, 2.75) is 6.18 Å². The summed E-state index contributed by atoms with van der Waals surface area (Å²) in [6.45, 7) is -1.40. The quantitative estimate of drug-likeness (QED) is 0.737. The van der Waals surface area contributed by atoms with Crippen molar-refractivity contribution in [3.8, 4) is 5.88 Å². The summed E-state index contributed by atoms with van der Waals surface area (Å²) in [6.07, 6.45) is -1.98. The SMILES string of the molecule is O=C(NCCNC(=O)c1cccnc1OCC(F)(F)F)c1ccco1. The molecule has 0 unspecified atom stereocenters. The minimum atomic E-state index is -4.54. The topological polar surface area (TPSA) is 93.5 Å². The molecule has 0 bridgehead atoms. The Kier molecular flexibility index (Phi) is 5.98. The number of nitrogens with one attached hydrogen (secondary N) is 2. The molecular weight excluding hydrogens is 343 g/mol. The summed E-state index contributed by atoms with van der Waals surface area (Å²) in [7, 11) is 0. The van der Waals surface area contributed by atoms with Crippen LogP contribution in [0, 0.1) is 0 Å². The number of hydrogen-bond donors (Lipinski definition) is 2. The predicted molar refractivity (Wildman–Crippen MR) is 79.2 cm³/mol. The fourth-order valence-electron chi connectivity index (χ4n) is 1.77. The van der Waals surface area contributed by atoms with Gasteiger partial charge in [-0.25, -0.2) is 4.98 Å². The van der Waals surface area contributed by atoms with E-state index in [9.17, 15) is 22.8 Å². The lowest BCUT2D eigenvalue weighted by Crippen LogP contribution is -2.35. The highest BCUT2D eigenvalue weighted by Gasteiger charge is 2.29. The maximum Gasteiger partial charge on any atom is 0.422 e. The van der Waals surface area contributed by atoms with Crippen LogP contribution in [0.1, 0.15) is 20.9 Å². The molecule has 0 saturated carbocycles. The van der Waals surface area contributed by atoms with Gasteiger partial charge >= 0.3 is 6.18 Å². The molecule has 2 N–H and O–H groups in total. The Hall–Kier alpha value is -3.04. The van der Waals surface area contributed by atoms with Gasteiger partial charge in [0.1, 0.15) is 5.56 Å². The van der Waals surface area contributed by atoms with Gasteiger partial charge in [-0.05, 0) is 24.3 Å². The lowest BCUT2D eigenvalue weighted by molar-refractivity contribution is -0.154. The van der Waals surface area contributed by atoms with Crippen LogP contribution in [0.25, 0.3) is 0 Å². The van der Waals surface area contributed by atoms with Crippen LogP contribution in [0.15, 0.2) is 41.1 Å². The molecule has 2 aromatic heterocycles. The summed E-state index contributed by atoms with van der Waals surface area (Å²) in [5.74, 6) is -1.41. The van der Waals surface area contributed by atoms with Crippen LogP contribution < -0.4 is 15.4 Å². The first kappa shape index (κ1) is 18.3. The molecule has 0 aliphatic carbocycles. The van der Waals surface area contributed by atoms with Gasteiger partial charge < -0.3 is 19.8 Å². The average molecular weight is 357 g/mol. The molecule has 7 nitrogen and oxygen atoms in total. The van der Waals surface area contributed by atoms with Gasteiger partial charge in [-0.2, -0.15) is 13.2 Å². The van der Waals surface area contributed by atoms with Gasteiger partial charge in [0.15, 0.2) is 12.4 Å². The van der Waals surface area contributed by atoms with Gasteiger partial charge in [0.05, 0.1) is 6.26 Å². The van der Waals surface area contributed by atoms with Crippen molar-refractivity contribution in [3.63, 3.8) is 0 Å². The molecule has 0 saturated heterocycles. The smallest absolute Gasteiger partial charge is 0.422 e. The van der Waals surface area contributed by atoms with E-state index in [1.165, 1.54) is 30.7 Å². The Bertz CT molecular complexity index is 717. The summed E-state index contributed by atoms with van der Waals surface area (Å²) in [6, 6.07) is 5.72. The van der Waals surface area contributed by atoms with E-state index in [1.807, 2.05) is 0 Å². The zero-order valence-electron chi connectivity index (χ0n) is 12.8. The van der Waals surface area contributed by atoms with E-state index in [1.54, 1.807) is 6.07 Å². The molecule has 25 heavy (non-hydrogen) atoms. The van der Waals surface area contributed by atoms with Crippen molar-refractivity contribution in [3.05, 3.63) is 48.0 Å². The summed E-state index contributed by atoms with van der Waals surface area (Å²) < 4.78 is 46.1. The average Bonchev–Trinajstić information content (AvgIpc) is 3.11. The normalized spacial score (nSPS) is 11.0. The summed E-state index contributed by atoms with van der Waals surface area (Å²) in [4.78, 5) is 27.2. The number of amides is 2. The molecule has 0 fully saturated rings. The Morgan fingerprint density at radius 3 is 2.48 bits per heavy atom. The molecule has 2 amide bonds. The van der Waals surface area contributed by atoms with Crippen LogP contribution in [-0.2, 0) is 0 Å². The van der Waals surface area contributed by atoms with Crippen molar-refractivity contribution >= 4 is 11.8 Å². The second kappa shape index (κ2) is 8.18. The highest BCUT2D eigenvalue weighted by Crippen LogP contribution is 2.19. The lowest BCUT2D eigenvalue weighted by Gasteiger charge is -2.12. The van der Waals surface area contributed by atoms with Gasteiger partial charge in [-0.3, -0.25) is 9.59 Å². The number of halogens is 3. The molecule has 0 aliphatic heterocycles. The van der Waals surface area contributed by atoms with Gasteiger partial charge in [0, 0.05) is 19.3 Å². The monoisotopic (exact) mass is 357 g/mol. The first-order valence-corrected chi connectivity index (χ1v) is 7.11. The van der Waals surface area contributed by atoms with Gasteiger partial charge in [-0.1, -0.05) is 0 Å². The fourth-order valence-corrected chi connectivity index (χ4v) is 1.77. The maximum absolute atomic E-state index is 12.2. The number of ether oxygens (including phenoxy) is 1. The number of hydrogen-bond acceptors (Lipinski definition) is 5. The number of furan rings is 1. The third-order valence-corrected chi connectivity index (χ3v) is 2.83. The Morgan fingerprint density at radius 1 is 1.12 bits per heavy atom. The third kappa shape index (κ3) is 5.83. The molecular formula is C15H14F3N3O4. The highest BCUT2D eigenvalue weighted by molar-refractivity contribution is 5.96. The number of carbonyl (C=O) groups is 2. The molecule has 2 heterocycles. The van der Waals surface area contributed by atoms with E-state index in [0.717, 1.165) is 0 Å². The van der Waals surface area contributed by atoms with Crippen LogP contribution >= 0.6 is 0 Å². The lowest BCUT2D eigenvalue weighted by atomic mass is 10.2. The largest absolute Gasteiger partial charge is 0.467 e. The van der Waals surface area contributed by atoms with E-state index in [0.29, 0.717) is 0 Å². The fraction of sp³-hybridized carbons (Fsp3) is 0.267. The van der Waals surface area contributed by atoms with Crippen molar-refractivity contribution in [1.29, 1.82) is 0 Å². The predicted octanol–water partition coefficient (Wildman–Crippen LogP) is 1.78. The minimum absolute atomic E-state index is 0.0545. The molecule has 0 spiro atoms. The van der Waals surface area contributed by atoms with E-state index in [-0.39, 0.29) is 24.4 Å². The van der Waals surface area contributed by atoms with E-state index < -0.39 is 30.5 Å². The van der Waals surface area contributed by atoms with E-state index in [4.69, 9.17) is 4.42 Å². The number of rotatable bonds is 7. The van der Waals surface area contributed by atoms with Crippen molar-refractivity contribution < 1.29 is 31.9 Å². The first-order valence-electron chi connectivity index (χ1n) is 7.11.